The van der Waals surface area contributed by atoms with Gasteiger partial charge in [-0.1, -0.05) is 49.2 Å². The lowest BCUT2D eigenvalue weighted by Crippen LogP contribution is -2.52. The van der Waals surface area contributed by atoms with Gasteiger partial charge in [0.1, 0.15) is 30.8 Å². The summed E-state index contributed by atoms with van der Waals surface area (Å²) in [7, 11) is 3.75. The van der Waals surface area contributed by atoms with Crippen LogP contribution in [0.2, 0.25) is 10.0 Å². The summed E-state index contributed by atoms with van der Waals surface area (Å²) < 4.78 is 17.9. The predicted molar refractivity (Wildman–Crippen MR) is 178 cm³/mol. The van der Waals surface area contributed by atoms with Crippen molar-refractivity contribution in [1.29, 1.82) is 0 Å². The van der Waals surface area contributed by atoms with Crippen LogP contribution in [0.4, 0.5) is 5.69 Å². The predicted octanol–water partition coefficient (Wildman–Crippen LogP) is 4.86. The molecule has 2 aromatic carbocycles. The number of halogens is 2. The molecule has 12 heteroatoms. The monoisotopic (exact) mass is 672 g/mol. The molecule has 0 fully saturated rings. The van der Waals surface area contributed by atoms with Crippen LogP contribution < -0.4 is 25.4 Å². The van der Waals surface area contributed by atoms with Crippen molar-refractivity contribution in [2.75, 3.05) is 32.6 Å². The quantitative estimate of drug-likeness (QED) is 0.229. The van der Waals surface area contributed by atoms with Crippen LogP contribution in [0.5, 0.6) is 11.5 Å². The fourth-order valence-corrected chi connectivity index (χ4v) is 6.84. The molecule has 0 saturated carbocycles. The van der Waals surface area contributed by atoms with Crippen molar-refractivity contribution < 1.29 is 28.6 Å². The zero-order valence-corrected chi connectivity index (χ0v) is 28.3. The summed E-state index contributed by atoms with van der Waals surface area (Å²) in [5.74, 6) is 0.166. The normalized spacial score (nSPS) is 22.9. The van der Waals surface area contributed by atoms with Gasteiger partial charge in [0.2, 0.25) is 11.8 Å². The second kappa shape index (κ2) is 14.1. The van der Waals surface area contributed by atoms with Gasteiger partial charge in [0.25, 0.3) is 0 Å². The third-order valence-corrected chi connectivity index (χ3v) is 9.59. The van der Waals surface area contributed by atoms with Crippen LogP contribution in [0.1, 0.15) is 51.2 Å². The third kappa shape index (κ3) is 7.24. The Morgan fingerprint density at radius 3 is 2.61 bits per heavy atom. The van der Waals surface area contributed by atoms with Gasteiger partial charge in [0, 0.05) is 24.2 Å². The second-order valence-corrected chi connectivity index (χ2v) is 13.6. The minimum Gasteiger partial charge on any atom is -0.493 e. The van der Waals surface area contributed by atoms with Crippen LogP contribution >= 0.6 is 23.2 Å². The highest BCUT2D eigenvalue weighted by molar-refractivity contribution is 6.42. The number of amides is 2. The molecule has 0 aromatic heterocycles. The molecule has 46 heavy (non-hydrogen) atoms. The molecule has 2 amide bonds. The molecule has 248 valence electrons. The lowest BCUT2D eigenvalue weighted by atomic mass is 9.69. The standard InChI is InChI=1S/C34H42Cl2N4O6/c1-19(2)14-26(39-32(42)20(3)38-22-7-8-24(35)25(36)15-22)33(43)37-17-29(41)45-23-10-11-34-12-13-40(4)18-21-6-9-27(44-5)31(30(21)34)46-28(34)16-23/h6-11,15,19-20,23,26,28,38H,12-14,16-18H2,1-5H3,(H,37,43)(H,39,42)/t20?,23-,26-,28-,34-/m0/s1. The van der Waals surface area contributed by atoms with E-state index in [1.807, 2.05) is 26.0 Å². The fourth-order valence-electron chi connectivity index (χ4n) is 6.55. The number of nitrogens with one attached hydrogen (secondary N) is 3. The van der Waals surface area contributed by atoms with Crippen LogP contribution in [0.3, 0.4) is 0 Å². The van der Waals surface area contributed by atoms with Gasteiger partial charge in [0.15, 0.2) is 11.5 Å². The number of anilines is 1. The number of rotatable bonds is 11. The zero-order valence-electron chi connectivity index (χ0n) is 26.8. The van der Waals surface area contributed by atoms with E-state index < -0.39 is 30.1 Å². The lowest BCUT2D eigenvalue weighted by Gasteiger charge is -2.36. The number of benzene rings is 2. The van der Waals surface area contributed by atoms with Crippen molar-refractivity contribution in [3.8, 4) is 11.5 Å². The number of carbonyl (C=O) groups excluding carboxylic acids is 3. The molecule has 5 rings (SSSR count). The first-order chi connectivity index (χ1) is 21.9. The Hall–Kier alpha value is -3.47. The first-order valence-corrected chi connectivity index (χ1v) is 16.4. The molecule has 1 aliphatic carbocycles. The van der Waals surface area contributed by atoms with Gasteiger partial charge in [-0.15, -0.1) is 0 Å². The first-order valence-electron chi connectivity index (χ1n) is 15.6. The molecule has 3 aliphatic rings. The minimum atomic E-state index is -0.837. The van der Waals surface area contributed by atoms with E-state index in [-0.39, 0.29) is 29.9 Å². The van der Waals surface area contributed by atoms with Crippen molar-refractivity contribution in [2.45, 2.75) is 76.3 Å². The van der Waals surface area contributed by atoms with E-state index in [4.69, 9.17) is 37.4 Å². The summed E-state index contributed by atoms with van der Waals surface area (Å²) in [5, 5.41) is 9.29. The average molecular weight is 674 g/mol. The lowest BCUT2D eigenvalue weighted by molar-refractivity contribution is -0.148. The maximum atomic E-state index is 13.2. The highest BCUT2D eigenvalue weighted by Gasteiger charge is 2.53. The number of ether oxygens (including phenoxy) is 3. The second-order valence-electron chi connectivity index (χ2n) is 12.8. The summed E-state index contributed by atoms with van der Waals surface area (Å²) in [4.78, 5) is 41.4. The van der Waals surface area contributed by atoms with Crippen molar-refractivity contribution in [3.63, 3.8) is 0 Å². The van der Waals surface area contributed by atoms with Crippen LogP contribution in [-0.2, 0) is 31.1 Å². The van der Waals surface area contributed by atoms with Crippen LogP contribution in [0.25, 0.3) is 0 Å². The van der Waals surface area contributed by atoms with Crippen molar-refractivity contribution in [1.82, 2.24) is 15.5 Å². The van der Waals surface area contributed by atoms with E-state index in [9.17, 15) is 14.4 Å². The molecule has 10 nitrogen and oxygen atoms in total. The maximum Gasteiger partial charge on any atom is 0.326 e. The van der Waals surface area contributed by atoms with Gasteiger partial charge in [-0.2, -0.15) is 0 Å². The van der Waals surface area contributed by atoms with E-state index in [0.29, 0.717) is 34.3 Å². The van der Waals surface area contributed by atoms with E-state index in [0.717, 1.165) is 30.8 Å². The van der Waals surface area contributed by atoms with Gasteiger partial charge >= 0.3 is 5.97 Å². The van der Waals surface area contributed by atoms with Crippen LogP contribution in [0, 0.1) is 5.92 Å². The van der Waals surface area contributed by atoms with E-state index >= 15 is 0 Å². The van der Waals surface area contributed by atoms with Crippen molar-refractivity contribution in [3.05, 3.63) is 63.7 Å². The Kier molecular flexibility index (Phi) is 10.4. The van der Waals surface area contributed by atoms with Gasteiger partial charge < -0.3 is 35.1 Å². The Bertz CT molecular complexity index is 1520. The maximum absolute atomic E-state index is 13.2. The number of esters is 1. The SMILES string of the molecule is COc1ccc2c3c1O[C@H]1C[C@@H](OC(=O)CNC(=O)[C@H](CC(C)C)NC(=O)C(C)Nc4ccc(Cl)c(Cl)c4)C=C[C@@]31CCN(C)C2. The molecular formula is C34H42Cl2N4O6. The van der Waals surface area contributed by atoms with Gasteiger partial charge in [0.05, 0.1) is 22.6 Å². The number of methoxy groups -OCH3 is 1. The highest BCUT2D eigenvalue weighted by atomic mass is 35.5. The van der Waals surface area contributed by atoms with Gasteiger partial charge in [-0.25, -0.2) is 0 Å². The number of nitrogens with zero attached hydrogens (tertiary/aromatic N) is 1. The molecule has 0 radical (unpaired) electrons. The number of hydrogen-bond acceptors (Lipinski definition) is 8. The first kappa shape index (κ1) is 33.9. The number of carbonyl (C=O) groups is 3. The average Bonchev–Trinajstić information content (AvgIpc) is 3.27. The van der Waals surface area contributed by atoms with Crippen molar-refractivity contribution in [2.24, 2.45) is 5.92 Å². The molecule has 1 unspecified atom stereocenters. The van der Waals surface area contributed by atoms with Gasteiger partial charge in [-0.05, 0) is 75.2 Å². The molecule has 2 aromatic rings. The van der Waals surface area contributed by atoms with Crippen LogP contribution in [0.15, 0.2) is 42.5 Å². The Labute approximate surface area is 280 Å². The smallest absolute Gasteiger partial charge is 0.326 e. The summed E-state index contributed by atoms with van der Waals surface area (Å²) in [6.07, 6.45) is 5.09. The van der Waals surface area contributed by atoms with Gasteiger partial charge in [-0.3, -0.25) is 14.4 Å². The molecular weight excluding hydrogens is 631 g/mol. The molecule has 0 bridgehead atoms. The number of hydrogen-bond donors (Lipinski definition) is 3. The molecule has 2 heterocycles. The summed E-state index contributed by atoms with van der Waals surface area (Å²) in [5.41, 5.74) is 2.66. The Balaban J connectivity index is 1.18. The topological polar surface area (TPSA) is 118 Å². The Morgan fingerprint density at radius 1 is 1.11 bits per heavy atom. The van der Waals surface area contributed by atoms with E-state index in [1.165, 1.54) is 5.56 Å². The summed E-state index contributed by atoms with van der Waals surface area (Å²) in [6, 6.07) is 7.52. The molecule has 0 saturated heterocycles. The summed E-state index contributed by atoms with van der Waals surface area (Å²) in [6.45, 7) is 6.97. The van der Waals surface area contributed by atoms with Crippen molar-refractivity contribution >= 4 is 46.7 Å². The molecule has 5 atom stereocenters. The van der Waals surface area contributed by atoms with E-state index in [1.54, 1.807) is 32.2 Å². The van der Waals surface area contributed by atoms with Crippen LogP contribution in [-0.4, -0.2) is 74.2 Å². The molecule has 1 spiro atoms. The molecule has 3 N–H and O–H groups in total. The fraction of sp³-hybridized carbons (Fsp3) is 0.500. The highest BCUT2D eigenvalue weighted by Crippen LogP contribution is 2.55. The zero-order chi connectivity index (χ0) is 33.2. The minimum absolute atomic E-state index is 0.111. The van der Waals surface area contributed by atoms with E-state index in [2.05, 4.69) is 40.0 Å². The molecule has 2 aliphatic heterocycles. The third-order valence-electron chi connectivity index (χ3n) is 8.86. The summed E-state index contributed by atoms with van der Waals surface area (Å²) >= 11 is 12.1. The Morgan fingerprint density at radius 2 is 1.89 bits per heavy atom. The largest absolute Gasteiger partial charge is 0.493 e.